The van der Waals surface area contributed by atoms with E-state index < -0.39 is 9.84 Å². The van der Waals surface area contributed by atoms with Gasteiger partial charge in [0.25, 0.3) is 0 Å². The van der Waals surface area contributed by atoms with Crippen molar-refractivity contribution in [3.8, 4) is 5.75 Å². The van der Waals surface area contributed by atoms with Gasteiger partial charge in [-0.2, -0.15) is 0 Å². The highest BCUT2D eigenvalue weighted by Gasteiger charge is 2.21. The first-order chi connectivity index (χ1) is 8.92. The molecule has 2 N–H and O–H groups in total. The lowest BCUT2D eigenvalue weighted by atomic mass is 10.3. The zero-order valence-electron chi connectivity index (χ0n) is 10.1. The first-order valence-electron chi connectivity index (χ1n) is 5.33. The smallest absolute Gasteiger partial charge is 0.186 e. The third-order valence-electron chi connectivity index (χ3n) is 2.48. The Hall–Kier alpha value is -1.24. The number of hydrogen-bond donors (Lipinski definition) is 1. The molecule has 0 saturated carbocycles. The number of nitrogens with two attached hydrogens (primary N) is 1. The molecule has 7 heteroatoms. The molecule has 1 heterocycles. The second kappa shape index (κ2) is 5.40. The van der Waals surface area contributed by atoms with Crippen molar-refractivity contribution >= 4 is 38.5 Å². The Morgan fingerprint density at radius 2 is 2.05 bits per heavy atom. The molecule has 0 amide bonds. The topological polar surface area (TPSA) is 69.4 Å². The molecule has 0 saturated heterocycles. The number of hydrogen-bond acceptors (Lipinski definition) is 5. The van der Waals surface area contributed by atoms with Gasteiger partial charge in [0, 0.05) is 16.6 Å². The molecule has 2 rings (SSSR count). The van der Waals surface area contributed by atoms with Crippen molar-refractivity contribution in [1.29, 1.82) is 0 Å². The molecule has 102 valence electrons. The van der Waals surface area contributed by atoms with Gasteiger partial charge in [-0.3, -0.25) is 0 Å². The van der Waals surface area contributed by atoms with Crippen molar-refractivity contribution in [3.63, 3.8) is 0 Å². The van der Waals surface area contributed by atoms with Gasteiger partial charge in [-0.05, 0) is 24.3 Å². The summed E-state index contributed by atoms with van der Waals surface area (Å²) >= 11 is 7.04. The molecule has 4 nitrogen and oxygen atoms in total. The van der Waals surface area contributed by atoms with Crippen molar-refractivity contribution in [3.05, 3.63) is 39.5 Å². The molecule has 0 bridgehead atoms. The Morgan fingerprint density at radius 1 is 1.32 bits per heavy atom. The Labute approximate surface area is 120 Å². The fourth-order valence-electron chi connectivity index (χ4n) is 1.64. The van der Waals surface area contributed by atoms with Crippen LogP contribution in [0.5, 0.6) is 5.75 Å². The first kappa shape index (κ1) is 14.2. The second-order valence-electron chi connectivity index (χ2n) is 3.88. The summed E-state index contributed by atoms with van der Waals surface area (Å²) in [4.78, 5) is 0.817. The normalized spacial score (nSPS) is 11.5. The van der Waals surface area contributed by atoms with E-state index in [1.165, 1.54) is 36.6 Å². The molecule has 0 aliphatic heterocycles. The standard InChI is InChI=1S/C12H12ClNO3S2/c1-17-10-6-8(14)2-4-11(10)19(15,16)7-9-3-5-12(13)18-9/h2-6H,7,14H2,1H3. The second-order valence-corrected chi connectivity index (χ2v) is 7.63. The highest BCUT2D eigenvalue weighted by Crippen LogP contribution is 2.31. The van der Waals surface area contributed by atoms with E-state index in [2.05, 4.69) is 0 Å². The molecule has 0 atom stereocenters. The molecular formula is C12H12ClNO3S2. The van der Waals surface area contributed by atoms with Crippen LogP contribution >= 0.6 is 22.9 Å². The summed E-state index contributed by atoms with van der Waals surface area (Å²) in [6.07, 6.45) is 0. The Balaban J connectivity index is 2.39. The average Bonchev–Trinajstić information content (AvgIpc) is 2.73. The van der Waals surface area contributed by atoms with Crippen LogP contribution in [0.3, 0.4) is 0 Å². The van der Waals surface area contributed by atoms with Crippen LogP contribution < -0.4 is 10.5 Å². The fourth-order valence-corrected chi connectivity index (χ4v) is 4.57. The minimum absolute atomic E-state index is 0.106. The van der Waals surface area contributed by atoms with Crippen molar-refractivity contribution < 1.29 is 13.2 Å². The van der Waals surface area contributed by atoms with E-state index in [4.69, 9.17) is 22.1 Å². The number of ether oxygens (including phenoxy) is 1. The molecule has 19 heavy (non-hydrogen) atoms. The van der Waals surface area contributed by atoms with Crippen LogP contribution in [0, 0.1) is 0 Å². The monoisotopic (exact) mass is 317 g/mol. The summed E-state index contributed by atoms with van der Waals surface area (Å²) < 4.78 is 30.3. The number of sulfone groups is 1. The quantitative estimate of drug-likeness (QED) is 0.880. The molecule has 0 aliphatic rings. The molecule has 0 aliphatic carbocycles. The predicted octanol–water partition coefficient (Wildman–Crippen LogP) is 2.97. The minimum Gasteiger partial charge on any atom is -0.495 e. The minimum atomic E-state index is -3.49. The number of nitrogen functional groups attached to an aromatic ring is 1. The van der Waals surface area contributed by atoms with Crippen molar-refractivity contribution in [2.45, 2.75) is 10.6 Å². The maximum atomic E-state index is 12.3. The highest BCUT2D eigenvalue weighted by atomic mass is 35.5. The number of thiophene rings is 1. The summed E-state index contributed by atoms with van der Waals surface area (Å²) in [6.45, 7) is 0. The zero-order valence-corrected chi connectivity index (χ0v) is 12.5. The lowest BCUT2D eigenvalue weighted by Crippen LogP contribution is -2.06. The van der Waals surface area contributed by atoms with Gasteiger partial charge in [0.05, 0.1) is 17.2 Å². The van der Waals surface area contributed by atoms with Crippen LogP contribution in [-0.4, -0.2) is 15.5 Å². The van der Waals surface area contributed by atoms with E-state index in [1.807, 2.05) is 0 Å². The zero-order chi connectivity index (χ0) is 14.0. The summed E-state index contributed by atoms with van der Waals surface area (Å²) in [5, 5.41) is 0. The van der Waals surface area contributed by atoms with Crippen molar-refractivity contribution in [1.82, 2.24) is 0 Å². The van der Waals surface area contributed by atoms with Crippen LogP contribution in [0.1, 0.15) is 4.88 Å². The first-order valence-corrected chi connectivity index (χ1v) is 8.17. The van der Waals surface area contributed by atoms with Gasteiger partial charge in [-0.1, -0.05) is 11.6 Å². The molecule has 1 aromatic carbocycles. The van der Waals surface area contributed by atoms with Crippen LogP contribution in [0.4, 0.5) is 5.69 Å². The Kier molecular flexibility index (Phi) is 4.03. The summed E-state index contributed by atoms with van der Waals surface area (Å²) in [5.41, 5.74) is 6.07. The largest absolute Gasteiger partial charge is 0.495 e. The molecule has 0 unspecified atom stereocenters. The fraction of sp³-hybridized carbons (Fsp3) is 0.167. The third-order valence-corrected chi connectivity index (χ3v) is 5.60. The van der Waals surface area contributed by atoms with Gasteiger partial charge < -0.3 is 10.5 Å². The number of benzene rings is 1. The highest BCUT2D eigenvalue weighted by molar-refractivity contribution is 7.90. The van der Waals surface area contributed by atoms with Gasteiger partial charge in [0.1, 0.15) is 10.6 Å². The Bertz CT molecular complexity index is 695. The van der Waals surface area contributed by atoms with E-state index in [0.717, 1.165) is 0 Å². The summed E-state index contributed by atoms with van der Waals surface area (Å²) in [7, 11) is -2.08. The molecule has 0 radical (unpaired) electrons. The van der Waals surface area contributed by atoms with E-state index in [-0.39, 0.29) is 16.4 Å². The number of anilines is 1. The molecule has 0 fully saturated rings. The molecular weight excluding hydrogens is 306 g/mol. The molecule has 1 aromatic heterocycles. The van der Waals surface area contributed by atoms with E-state index >= 15 is 0 Å². The van der Waals surface area contributed by atoms with Gasteiger partial charge in [0.15, 0.2) is 9.84 Å². The van der Waals surface area contributed by atoms with Gasteiger partial charge in [-0.15, -0.1) is 11.3 Å². The van der Waals surface area contributed by atoms with Gasteiger partial charge in [0.2, 0.25) is 0 Å². The SMILES string of the molecule is COc1cc(N)ccc1S(=O)(=O)Cc1ccc(Cl)s1. The average molecular weight is 318 g/mol. The van der Waals surface area contributed by atoms with Crippen LogP contribution in [-0.2, 0) is 15.6 Å². The summed E-state index contributed by atoms with van der Waals surface area (Å²) in [6, 6.07) is 7.87. The molecule has 0 spiro atoms. The van der Waals surface area contributed by atoms with Crippen LogP contribution in [0.15, 0.2) is 35.2 Å². The van der Waals surface area contributed by atoms with Crippen LogP contribution in [0.25, 0.3) is 0 Å². The van der Waals surface area contributed by atoms with E-state index in [1.54, 1.807) is 12.1 Å². The van der Waals surface area contributed by atoms with E-state index in [0.29, 0.717) is 14.9 Å². The maximum Gasteiger partial charge on any atom is 0.186 e. The Morgan fingerprint density at radius 3 is 2.63 bits per heavy atom. The maximum absolute atomic E-state index is 12.3. The molecule has 2 aromatic rings. The predicted molar refractivity (Wildman–Crippen MR) is 77.6 cm³/mol. The number of halogens is 1. The van der Waals surface area contributed by atoms with Crippen LogP contribution in [0.2, 0.25) is 4.34 Å². The number of methoxy groups -OCH3 is 1. The van der Waals surface area contributed by atoms with Crippen molar-refractivity contribution in [2.24, 2.45) is 0 Å². The lowest BCUT2D eigenvalue weighted by Gasteiger charge is -2.09. The van der Waals surface area contributed by atoms with Gasteiger partial charge >= 0.3 is 0 Å². The number of rotatable bonds is 4. The van der Waals surface area contributed by atoms with Gasteiger partial charge in [-0.25, -0.2) is 8.42 Å². The third kappa shape index (κ3) is 3.20. The van der Waals surface area contributed by atoms with Crippen molar-refractivity contribution in [2.75, 3.05) is 12.8 Å². The summed E-state index contributed by atoms with van der Waals surface area (Å²) in [5.74, 6) is 0.146. The van der Waals surface area contributed by atoms with E-state index in [9.17, 15) is 8.42 Å². The lowest BCUT2D eigenvalue weighted by molar-refractivity contribution is 0.403.